The SMILES string of the molecule is Cc1cc(O)c(N=C2C=NN=C2N)cc1O. The maximum atomic E-state index is 9.62. The van der Waals surface area contributed by atoms with Crippen LogP contribution in [0.4, 0.5) is 5.69 Å². The zero-order valence-electron chi connectivity index (χ0n) is 8.55. The van der Waals surface area contributed by atoms with E-state index >= 15 is 0 Å². The smallest absolute Gasteiger partial charge is 0.173 e. The van der Waals surface area contributed by atoms with E-state index < -0.39 is 0 Å². The van der Waals surface area contributed by atoms with Crippen molar-refractivity contribution >= 4 is 23.4 Å². The van der Waals surface area contributed by atoms with Crippen LogP contribution >= 0.6 is 0 Å². The van der Waals surface area contributed by atoms with Crippen molar-refractivity contribution in [2.45, 2.75) is 6.92 Å². The van der Waals surface area contributed by atoms with Gasteiger partial charge in [-0.1, -0.05) is 0 Å². The molecule has 1 aliphatic heterocycles. The number of phenolic OH excluding ortho intramolecular Hbond substituents is 2. The van der Waals surface area contributed by atoms with Gasteiger partial charge in [0.15, 0.2) is 5.84 Å². The molecule has 16 heavy (non-hydrogen) atoms. The normalized spacial score (nSPS) is 16.8. The van der Waals surface area contributed by atoms with Gasteiger partial charge in [-0.15, -0.1) is 5.10 Å². The number of nitrogens with zero attached hydrogens (tertiary/aromatic N) is 3. The largest absolute Gasteiger partial charge is 0.508 e. The van der Waals surface area contributed by atoms with Crippen molar-refractivity contribution in [3.63, 3.8) is 0 Å². The predicted molar refractivity (Wildman–Crippen MR) is 61.7 cm³/mol. The maximum Gasteiger partial charge on any atom is 0.173 e. The Kier molecular flexibility index (Phi) is 2.32. The second-order valence-electron chi connectivity index (χ2n) is 3.35. The summed E-state index contributed by atoms with van der Waals surface area (Å²) in [5, 5.41) is 26.3. The Labute approximate surface area is 91.5 Å². The van der Waals surface area contributed by atoms with Crippen LogP contribution in [0.3, 0.4) is 0 Å². The molecule has 0 spiro atoms. The van der Waals surface area contributed by atoms with Crippen LogP contribution in [-0.4, -0.2) is 28.0 Å². The number of benzene rings is 1. The van der Waals surface area contributed by atoms with Gasteiger partial charge in [-0.3, -0.25) is 0 Å². The molecule has 0 saturated heterocycles. The Morgan fingerprint density at radius 2 is 2.00 bits per heavy atom. The molecule has 0 amide bonds. The zero-order chi connectivity index (χ0) is 11.7. The summed E-state index contributed by atoms with van der Waals surface area (Å²) in [6.45, 7) is 1.68. The Hall–Kier alpha value is -2.37. The van der Waals surface area contributed by atoms with E-state index in [2.05, 4.69) is 15.2 Å². The van der Waals surface area contributed by atoms with E-state index in [0.29, 0.717) is 11.3 Å². The molecule has 6 nitrogen and oxygen atoms in total. The van der Waals surface area contributed by atoms with Gasteiger partial charge in [0.25, 0.3) is 0 Å². The Morgan fingerprint density at radius 1 is 1.25 bits per heavy atom. The van der Waals surface area contributed by atoms with Crippen molar-refractivity contribution in [3.8, 4) is 11.5 Å². The fraction of sp³-hybridized carbons (Fsp3) is 0.100. The lowest BCUT2D eigenvalue weighted by atomic mass is 10.2. The molecule has 6 heteroatoms. The van der Waals surface area contributed by atoms with Gasteiger partial charge in [0.1, 0.15) is 22.9 Å². The summed E-state index contributed by atoms with van der Waals surface area (Å²) in [4.78, 5) is 4.04. The van der Waals surface area contributed by atoms with E-state index in [1.165, 1.54) is 18.3 Å². The third-order valence-corrected chi connectivity index (χ3v) is 2.14. The van der Waals surface area contributed by atoms with Gasteiger partial charge in [-0.05, 0) is 18.6 Å². The number of phenols is 2. The van der Waals surface area contributed by atoms with Crippen LogP contribution in [-0.2, 0) is 0 Å². The van der Waals surface area contributed by atoms with Gasteiger partial charge in [0.2, 0.25) is 0 Å². The first kappa shape index (κ1) is 10.2. The number of aromatic hydroxyl groups is 2. The molecule has 4 N–H and O–H groups in total. The van der Waals surface area contributed by atoms with E-state index in [0.717, 1.165) is 0 Å². The average Bonchev–Trinajstić information content (AvgIpc) is 2.61. The quantitative estimate of drug-likeness (QED) is 0.608. The van der Waals surface area contributed by atoms with E-state index in [9.17, 15) is 10.2 Å². The van der Waals surface area contributed by atoms with Crippen molar-refractivity contribution in [1.82, 2.24) is 0 Å². The summed E-state index contributed by atoms with van der Waals surface area (Å²) >= 11 is 0. The molecule has 0 fully saturated rings. The molecule has 1 aliphatic rings. The minimum absolute atomic E-state index is 0.0316. The minimum Gasteiger partial charge on any atom is -0.508 e. The highest BCUT2D eigenvalue weighted by molar-refractivity contribution is 6.63. The molecule has 0 atom stereocenters. The first-order chi connectivity index (χ1) is 7.58. The number of aryl methyl sites for hydroxylation is 1. The van der Waals surface area contributed by atoms with Crippen molar-refractivity contribution in [3.05, 3.63) is 17.7 Å². The van der Waals surface area contributed by atoms with Gasteiger partial charge < -0.3 is 15.9 Å². The topological polar surface area (TPSA) is 104 Å². The summed E-state index contributed by atoms with van der Waals surface area (Å²) in [6, 6.07) is 2.78. The van der Waals surface area contributed by atoms with E-state index in [1.807, 2.05) is 0 Å². The first-order valence-electron chi connectivity index (χ1n) is 4.56. The van der Waals surface area contributed by atoms with Crippen molar-refractivity contribution in [1.29, 1.82) is 0 Å². The predicted octanol–water partition coefficient (Wildman–Crippen LogP) is 0.835. The van der Waals surface area contributed by atoms with Crippen LogP contribution in [0.15, 0.2) is 27.3 Å². The number of nitrogens with two attached hydrogens (primary N) is 1. The monoisotopic (exact) mass is 218 g/mol. The molecule has 2 rings (SSSR count). The Bertz CT molecular complexity index is 532. The Morgan fingerprint density at radius 3 is 2.62 bits per heavy atom. The summed E-state index contributed by atoms with van der Waals surface area (Å²) in [5.74, 6) is 0.206. The highest BCUT2D eigenvalue weighted by Gasteiger charge is 2.10. The van der Waals surface area contributed by atoms with E-state index in [1.54, 1.807) is 6.92 Å². The lowest BCUT2D eigenvalue weighted by Gasteiger charge is -2.03. The van der Waals surface area contributed by atoms with Gasteiger partial charge in [-0.2, -0.15) is 5.10 Å². The lowest BCUT2D eigenvalue weighted by molar-refractivity contribution is 0.458. The van der Waals surface area contributed by atoms with Crippen molar-refractivity contribution < 1.29 is 10.2 Å². The van der Waals surface area contributed by atoms with Crippen molar-refractivity contribution in [2.75, 3.05) is 0 Å². The lowest BCUT2D eigenvalue weighted by Crippen LogP contribution is -2.20. The standard InChI is InChI=1S/C10H10N4O2/c1-5-2-9(16)6(3-8(5)15)13-7-4-12-14-10(7)11/h2-4,15-16H,1H3,(H2,11,13,14). The molecule has 1 aromatic rings. The highest BCUT2D eigenvalue weighted by Crippen LogP contribution is 2.33. The summed E-state index contributed by atoms with van der Waals surface area (Å²) in [5.41, 5.74) is 6.65. The van der Waals surface area contributed by atoms with Crippen LogP contribution in [0.5, 0.6) is 11.5 Å². The molecule has 1 aromatic carbocycles. The molecule has 0 unspecified atom stereocenters. The third-order valence-electron chi connectivity index (χ3n) is 2.14. The summed E-state index contributed by atoms with van der Waals surface area (Å²) < 4.78 is 0. The van der Waals surface area contributed by atoms with Crippen LogP contribution in [0.1, 0.15) is 5.56 Å². The van der Waals surface area contributed by atoms with Gasteiger partial charge in [-0.25, -0.2) is 4.99 Å². The molecule has 0 aliphatic carbocycles. The van der Waals surface area contributed by atoms with Crippen molar-refractivity contribution in [2.24, 2.45) is 20.9 Å². The molecule has 0 bridgehead atoms. The number of aliphatic imine (C=N–C) groups is 1. The van der Waals surface area contributed by atoms with Crippen LogP contribution in [0.25, 0.3) is 0 Å². The zero-order valence-corrected chi connectivity index (χ0v) is 8.55. The number of hydrogen-bond donors (Lipinski definition) is 3. The fourth-order valence-corrected chi connectivity index (χ4v) is 1.24. The molecule has 0 radical (unpaired) electrons. The van der Waals surface area contributed by atoms with Gasteiger partial charge >= 0.3 is 0 Å². The second-order valence-corrected chi connectivity index (χ2v) is 3.35. The Balaban J connectivity index is 2.46. The molecular formula is C10H10N4O2. The molecule has 0 saturated carbocycles. The van der Waals surface area contributed by atoms with E-state index in [4.69, 9.17) is 5.73 Å². The van der Waals surface area contributed by atoms with Gasteiger partial charge in [0, 0.05) is 6.07 Å². The summed E-state index contributed by atoms with van der Waals surface area (Å²) in [6.07, 6.45) is 1.38. The third kappa shape index (κ3) is 1.72. The van der Waals surface area contributed by atoms with Crippen LogP contribution in [0.2, 0.25) is 0 Å². The molecular weight excluding hydrogens is 208 g/mol. The highest BCUT2D eigenvalue weighted by atomic mass is 16.3. The number of hydrogen-bond acceptors (Lipinski definition) is 6. The molecule has 1 heterocycles. The second kappa shape index (κ2) is 3.65. The number of amidine groups is 1. The minimum atomic E-state index is -0.0316. The van der Waals surface area contributed by atoms with Crippen LogP contribution < -0.4 is 5.73 Å². The maximum absolute atomic E-state index is 9.62. The van der Waals surface area contributed by atoms with Gasteiger partial charge in [0.05, 0.1) is 6.21 Å². The fourth-order valence-electron chi connectivity index (χ4n) is 1.24. The number of rotatable bonds is 1. The average molecular weight is 218 g/mol. The first-order valence-corrected chi connectivity index (χ1v) is 4.56. The molecule has 0 aromatic heterocycles. The van der Waals surface area contributed by atoms with E-state index in [-0.39, 0.29) is 23.0 Å². The molecule has 82 valence electrons. The summed E-state index contributed by atoms with van der Waals surface area (Å²) in [7, 11) is 0. The van der Waals surface area contributed by atoms with Crippen LogP contribution in [0, 0.1) is 6.92 Å².